The highest BCUT2D eigenvalue weighted by Gasteiger charge is 2.40. The van der Waals surface area contributed by atoms with Crippen LogP contribution in [0.5, 0.6) is 0 Å². The number of carbonyl (C=O) groups excluding carboxylic acids is 1. The molecule has 9 heteroatoms. The second-order valence-corrected chi connectivity index (χ2v) is 7.44. The van der Waals surface area contributed by atoms with Crippen molar-refractivity contribution < 1.29 is 24.9 Å². The Hall–Kier alpha value is -1.87. The van der Waals surface area contributed by atoms with Gasteiger partial charge in [0, 0.05) is 16.3 Å². The molecule has 0 spiro atoms. The van der Waals surface area contributed by atoms with Gasteiger partial charge in [0.1, 0.15) is 18.5 Å². The van der Waals surface area contributed by atoms with Gasteiger partial charge < -0.3 is 15.0 Å². The summed E-state index contributed by atoms with van der Waals surface area (Å²) in [6.45, 7) is 1.97. The molecule has 0 aromatic carbocycles. The fourth-order valence-corrected chi connectivity index (χ4v) is 3.16. The summed E-state index contributed by atoms with van der Waals surface area (Å²) in [6, 6.07) is -2.97. The number of carbonyl (C=O) groups is 1. The van der Waals surface area contributed by atoms with E-state index in [9.17, 15) is 35.2 Å². The molecule has 0 heterocycles. The van der Waals surface area contributed by atoms with E-state index in [-0.39, 0.29) is 12.8 Å². The van der Waals surface area contributed by atoms with Crippen molar-refractivity contribution in [2.24, 2.45) is 0 Å². The molecule has 2 N–H and O–H groups in total. The molecule has 4 unspecified atom stereocenters. The van der Waals surface area contributed by atoms with Crippen LogP contribution in [0.25, 0.3) is 0 Å². The van der Waals surface area contributed by atoms with Crippen LogP contribution in [0.1, 0.15) is 84.0 Å². The summed E-state index contributed by atoms with van der Waals surface area (Å²) in [5, 5.41) is 42.9. The molecule has 4 atom stereocenters. The highest BCUT2D eigenvalue weighted by molar-refractivity contribution is 5.48. The molecule has 0 radical (unpaired) electrons. The number of aliphatic hydroxyl groups excluding tert-OH is 2. The summed E-state index contributed by atoms with van der Waals surface area (Å²) in [5.41, 5.74) is 0. The van der Waals surface area contributed by atoms with Gasteiger partial charge in [-0.2, -0.15) is 0 Å². The van der Waals surface area contributed by atoms with Gasteiger partial charge >= 0.3 is 0 Å². The predicted octanol–water partition coefficient (Wildman–Crippen LogP) is 3.46. The van der Waals surface area contributed by atoms with Crippen molar-refractivity contribution in [3.8, 4) is 0 Å². The van der Waals surface area contributed by atoms with Crippen LogP contribution in [0.2, 0.25) is 0 Å². The average Bonchev–Trinajstić information content (AvgIpc) is 2.66. The van der Waals surface area contributed by atoms with Gasteiger partial charge in [0.15, 0.2) is 0 Å². The largest absolute Gasteiger partial charge is 0.386 e. The van der Waals surface area contributed by atoms with Gasteiger partial charge in [0.2, 0.25) is 12.1 Å². The zero-order valence-corrected chi connectivity index (χ0v) is 17.4. The van der Waals surface area contributed by atoms with Gasteiger partial charge in [0.25, 0.3) is 0 Å². The van der Waals surface area contributed by atoms with Crippen LogP contribution in [-0.2, 0) is 4.79 Å². The maximum atomic E-state index is 11.3. The predicted molar refractivity (Wildman–Crippen MR) is 110 cm³/mol. The van der Waals surface area contributed by atoms with Gasteiger partial charge in [-0.1, -0.05) is 51.2 Å². The number of aldehydes is 1. The van der Waals surface area contributed by atoms with Gasteiger partial charge in [0.05, 0.1) is 6.42 Å². The van der Waals surface area contributed by atoms with Crippen LogP contribution in [0, 0.1) is 20.2 Å². The third kappa shape index (κ3) is 13.1. The first-order valence-electron chi connectivity index (χ1n) is 10.6. The quantitative estimate of drug-likeness (QED) is 0.108. The molecule has 0 aromatic heterocycles. The fraction of sp³-hybridized carbons (Fsp3) is 0.850. The number of hydrogen-bond donors (Lipinski definition) is 2. The van der Waals surface area contributed by atoms with E-state index in [4.69, 9.17) is 0 Å². The molecule has 0 fully saturated rings. The molecule has 9 nitrogen and oxygen atoms in total. The summed E-state index contributed by atoms with van der Waals surface area (Å²) < 4.78 is 0. The summed E-state index contributed by atoms with van der Waals surface area (Å²) in [6.07, 6.45) is 8.98. The average molecular weight is 417 g/mol. The molecule has 0 rings (SSSR count). The molecule has 0 aromatic rings. The van der Waals surface area contributed by atoms with Crippen molar-refractivity contribution in [2.75, 3.05) is 0 Å². The highest BCUT2D eigenvalue weighted by Crippen LogP contribution is 2.18. The maximum absolute atomic E-state index is 11.3. The van der Waals surface area contributed by atoms with Crippen LogP contribution in [0.4, 0.5) is 0 Å². The number of aliphatic hydroxyl groups is 2. The molecular weight excluding hydrogens is 380 g/mol. The van der Waals surface area contributed by atoms with E-state index in [0.29, 0.717) is 12.8 Å². The van der Waals surface area contributed by atoms with Crippen LogP contribution >= 0.6 is 0 Å². The minimum Gasteiger partial charge on any atom is -0.386 e. The Balaban J connectivity index is 4.53. The van der Waals surface area contributed by atoms with Gasteiger partial charge in [-0.05, 0) is 32.1 Å². The highest BCUT2D eigenvalue weighted by atomic mass is 16.6. The third-order valence-electron chi connectivity index (χ3n) is 5.00. The monoisotopic (exact) mass is 416 g/mol. The Labute approximate surface area is 172 Å². The van der Waals surface area contributed by atoms with E-state index in [1.807, 2.05) is 13.0 Å². The molecular formula is C20H36N2O7. The number of unbranched alkanes of at least 4 members (excludes halogenated alkanes) is 7. The molecule has 0 aliphatic rings. The summed E-state index contributed by atoms with van der Waals surface area (Å²) in [4.78, 5) is 31.5. The first kappa shape index (κ1) is 27.1. The summed E-state index contributed by atoms with van der Waals surface area (Å²) >= 11 is 0. The Kier molecular flexibility index (Phi) is 15.9. The van der Waals surface area contributed by atoms with Crippen molar-refractivity contribution in [3.05, 3.63) is 32.4 Å². The number of nitrogens with zero attached hydrogens (tertiary/aromatic N) is 2. The van der Waals surface area contributed by atoms with Crippen molar-refractivity contribution in [3.63, 3.8) is 0 Å². The van der Waals surface area contributed by atoms with Crippen molar-refractivity contribution in [2.45, 2.75) is 108 Å². The second-order valence-electron chi connectivity index (χ2n) is 7.44. The van der Waals surface area contributed by atoms with Crippen LogP contribution in [0.15, 0.2) is 12.2 Å². The van der Waals surface area contributed by atoms with E-state index < -0.39 is 40.6 Å². The molecule has 0 aliphatic carbocycles. The Morgan fingerprint density at radius 3 is 1.97 bits per heavy atom. The minimum atomic E-state index is -1.50. The van der Waals surface area contributed by atoms with Crippen molar-refractivity contribution >= 4 is 6.29 Å². The maximum Gasteiger partial charge on any atom is 0.245 e. The fourth-order valence-electron chi connectivity index (χ4n) is 3.16. The Bertz CT molecular complexity index is 499. The van der Waals surface area contributed by atoms with Gasteiger partial charge in [-0.15, -0.1) is 0 Å². The van der Waals surface area contributed by atoms with E-state index in [1.165, 1.54) is 0 Å². The number of allylic oxidation sites excluding steroid dienone is 1. The van der Waals surface area contributed by atoms with Crippen LogP contribution < -0.4 is 0 Å². The second kappa shape index (κ2) is 17.0. The van der Waals surface area contributed by atoms with E-state index >= 15 is 0 Å². The zero-order chi connectivity index (χ0) is 22.1. The molecule has 0 aliphatic heterocycles. The molecule has 168 valence electrons. The number of nitro groups is 2. The zero-order valence-electron chi connectivity index (χ0n) is 17.4. The molecule has 0 bridgehead atoms. The third-order valence-corrected chi connectivity index (χ3v) is 5.00. The number of rotatable bonds is 19. The van der Waals surface area contributed by atoms with E-state index in [1.54, 1.807) is 6.08 Å². The molecule has 0 saturated heterocycles. The van der Waals surface area contributed by atoms with Crippen molar-refractivity contribution in [1.29, 1.82) is 0 Å². The first-order valence-corrected chi connectivity index (χ1v) is 10.6. The topological polar surface area (TPSA) is 144 Å². The van der Waals surface area contributed by atoms with Gasteiger partial charge in [-0.25, -0.2) is 0 Å². The van der Waals surface area contributed by atoms with Crippen LogP contribution in [-0.4, -0.2) is 50.6 Å². The minimum absolute atomic E-state index is 0.0349. The lowest BCUT2D eigenvalue weighted by Gasteiger charge is -2.20. The number of hydrogen-bond acceptors (Lipinski definition) is 7. The summed E-state index contributed by atoms with van der Waals surface area (Å²) in [5.74, 6) is 0. The smallest absolute Gasteiger partial charge is 0.245 e. The Morgan fingerprint density at radius 1 is 0.828 bits per heavy atom. The van der Waals surface area contributed by atoms with E-state index in [2.05, 4.69) is 0 Å². The standard InChI is InChI=1S/C20H36N2O7/c1-2-3-10-13-19(24)17(21(26)27)16-18(22(28)29)20(25)14-11-8-6-4-5-7-9-12-15-23/h8,11,15,17-20,24-25H,2-7,9-10,12-14,16H2,1H3/b11-8-. The van der Waals surface area contributed by atoms with Gasteiger partial charge in [-0.3, -0.25) is 20.2 Å². The normalized spacial score (nSPS) is 15.7. The van der Waals surface area contributed by atoms with Crippen molar-refractivity contribution in [1.82, 2.24) is 0 Å². The Morgan fingerprint density at radius 2 is 1.41 bits per heavy atom. The lowest BCUT2D eigenvalue weighted by Crippen LogP contribution is -2.43. The molecule has 0 saturated carbocycles. The molecule has 29 heavy (non-hydrogen) atoms. The lowest BCUT2D eigenvalue weighted by atomic mass is 9.94. The molecule has 0 amide bonds. The van der Waals surface area contributed by atoms with E-state index in [0.717, 1.165) is 51.2 Å². The summed E-state index contributed by atoms with van der Waals surface area (Å²) in [7, 11) is 0. The first-order chi connectivity index (χ1) is 13.8. The lowest BCUT2D eigenvalue weighted by molar-refractivity contribution is -0.573. The van der Waals surface area contributed by atoms with Crippen LogP contribution in [0.3, 0.4) is 0 Å². The SMILES string of the molecule is CCCCCC(O)C(CC(C(O)C/C=C\CCCCCCC=O)[N+](=O)[O-])[N+](=O)[O-].